The quantitative estimate of drug-likeness (QED) is 0.380. The molecule has 4 aromatic heterocycles. The van der Waals surface area contributed by atoms with Gasteiger partial charge in [0.25, 0.3) is 0 Å². The molecular weight excluding hydrogens is 480 g/mol. The van der Waals surface area contributed by atoms with Gasteiger partial charge >= 0.3 is 0 Å². The third-order valence-corrected chi connectivity index (χ3v) is 9.18. The summed E-state index contributed by atoms with van der Waals surface area (Å²) in [4.78, 5) is 25.2. The number of amides is 2. The highest BCUT2D eigenvalue weighted by molar-refractivity contribution is 8.00. The number of nitrogens with two attached hydrogens (primary N) is 2. The fourth-order valence-electron chi connectivity index (χ4n) is 4.35. The van der Waals surface area contributed by atoms with Gasteiger partial charge < -0.3 is 11.5 Å². The van der Waals surface area contributed by atoms with Gasteiger partial charge in [-0.25, -0.2) is 8.80 Å². The van der Waals surface area contributed by atoms with Crippen LogP contribution in [0.25, 0.3) is 21.6 Å². The van der Waals surface area contributed by atoms with Gasteiger partial charge in [-0.3, -0.25) is 9.59 Å². The molecule has 2 amide bonds. The van der Waals surface area contributed by atoms with Crippen molar-refractivity contribution in [1.82, 2.24) is 29.2 Å². The second-order valence-electron chi connectivity index (χ2n) is 9.26. The lowest BCUT2D eigenvalue weighted by atomic mass is 9.72. The van der Waals surface area contributed by atoms with Crippen molar-refractivity contribution in [3.8, 4) is 0 Å². The number of nitrogens with zero attached hydrogens (tertiary/aromatic N) is 6. The van der Waals surface area contributed by atoms with Gasteiger partial charge in [0.1, 0.15) is 4.83 Å². The Kier molecular flexibility index (Phi) is 5.52. The van der Waals surface area contributed by atoms with Crippen molar-refractivity contribution in [3.05, 3.63) is 10.4 Å². The van der Waals surface area contributed by atoms with Crippen LogP contribution in [-0.4, -0.2) is 52.5 Å². The molecule has 174 valence electrons. The third-order valence-electron chi connectivity index (χ3n) is 6.03. The number of rotatable bonds is 6. The van der Waals surface area contributed by atoms with Gasteiger partial charge in [0.15, 0.2) is 16.0 Å². The zero-order valence-corrected chi connectivity index (χ0v) is 20.9. The number of aryl methyl sites for hydroxylation is 1. The van der Waals surface area contributed by atoms with E-state index >= 15 is 0 Å². The molecule has 0 bridgehead atoms. The SMILES string of the molecule is CC(C)(C)C1CCc2c(sc3c2c2nnc(SCC(N)=O)n2c2nnc(SCC(N)=O)n32)C1. The van der Waals surface area contributed by atoms with Crippen LogP contribution in [0.15, 0.2) is 10.3 Å². The molecular formula is C20H24N8O2S3. The molecule has 0 aromatic carbocycles. The van der Waals surface area contributed by atoms with Crippen LogP contribution in [0.1, 0.15) is 37.6 Å². The number of hydrogen-bond acceptors (Lipinski definition) is 9. The van der Waals surface area contributed by atoms with Gasteiger partial charge in [-0.2, -0.15) is 0 Å². The molecule has 33 heavy (non-hydrogen) atoms. The summed E-state index contributed by atoms with van der Waals surface area (Å²) in [5, 5.41) is 19.7. The average molecular weight is 505 g/mol. The molecule has 0 fully saturated rings. The summed E-state index contributed by atoms with van der Waals surface area (Å²) < 4.78 is 3.79. The fraction of sp³-hybridized carbons (Fsp3) is 0.500. The van der Waals surface area contributed by atoms with Crippen LogP contribution in [0.5, 0.6) is 0 Å². The number of thiophene rings is 1. The largest absolute Gasteiger partial charge is 0.369 e. The van der Waals surface area contributed by atoms with Crippen LogP contribution < -0.4 is 11.5 Å². The topological polar surface area (TPSA) is 147 Å². The molecule has 0 saturated carbocycles. The maximum Gasteiger partial charge on any atom is 0.245 e. The van der Waals surface area contributed by atoms with Gasteiger partial charge in [-0.15, -0.1) is 31.7 Å². The van der Waals surface area contributed by atoms with Gasteiger partial charge in [0, 0.05) is 4.88 Å². The zero-order chi connectivity index (χ0) is 23.5. The molecule has 0 spiro atoms. The van der Waals surface area contributed by atoms with Crippen molar-refractivity contribution in [2.24, 2.45) is 22.8 Å². The molecule has 4 aromatic rings. The van der Waals surface area contributed by atoms with Crippen LogP contribution in [0, 0.1) is 11.3 Å². The Balaban J connectivity index is 1.77. The van der Waals surface area contributed by atoms with E-state index < -0.39 is 11.8 Å². The summed E-state index contributed by atoms with van der Waals surface area (Å²) >= 11 is 4.20. The Labute approximate surface area is 201 Å². The molecule has 0 saturated heterocycles. The average Bonchev–Trinajstić information content (AvgIpc) is 3.43. The number of thioether (sulfide) groups is 2. The summed E-state index contributed by atoms with van der Waals surface area (Å²) in [6, 6.07) is 0. The number of hydrogen-bond donors (Lipinski definition) is 2. The summed E-state index contributed by atoms with van der Waals surface area (Å²) in [7, 11) is 0. The van der Waals surface area contributed by atoms with Crippen molar-refractivity contribution < 1.29 is 9.59 Å². The normalized spacial score (nSPS) is 16.6. The van der Waals surface area contributed by atoms with Gasteiger partial charge in [-0.05, 0) is 36.2 Å². The number of aromatic nitrogens is 6. The van der Waals surface area contributed by atoms with Crippen molar-refractivity contribution in [1.29, 1.82) is 0 Å². The molecule has 10 nitrogen and oxygen atoms in total. The lowest BCUT2D eigenvalue weighted by Crippen LogP contribution is -2.26. The first-order chi connectivity index (χ1) is 15.6. The van der Waals surface area contributed by atoms with E-state index in [9.17, 15) is 9.59 Å². The van der Waals surface area contributed by atoms with Gasteiger partial charge in [0.2, 0.25) is 17.6 Å². The molecule has 1 aliphatic carbocycles. The Morgan fingerprint density at radius 1 is 1.03 bits per heavy atom. The number of fused-ring (bicyclic) bond motifs is 8. The third kappa shape index (κ3) is 3.85. The molecule has 0 radical (unpaired) electrons. The van der Waals surface area contributed by atoms with E-state index in [0.29, 0.717) is 27.7 Å². The van der Waals surface area contributed by atoms with Crippen molar-refractivity contribution in [3.63, 3.8) is 0 Å². The van der Waals surface area contributed by atoms with Crippen molar-refractivity contribution in [2.45, 2.75) is 50.3 Å². The number of carbonyl (C=O) groups is 2. The van der Waals surface area contributed by atoms with E-state index in [-0.39, 0.29) is 16.9 Å². The minimum absolute atomic E-state index is 0.0808. The first kappa shape index (κ1) is 22.4. The standard InChI is InChI=1S/C20H24N8O2S3/c1-20(2,3)9-4-5-10-11(6-9)33-16-14(10)15-23-25-18(31-7-12(21)29)27(15)17-24-26-19(28(16)17)32-8-13(22)30/h9H,4-8H2,1-3H3,(H2,21,29)(H2,22,30). The molecule has 1 atom stereocenters. The van der Waals surface area contributed by atoms with E-state index in [2.05, 4.69) is 41.2 Å². The summed E-state index contributed by atoms with van der Waals surface area (Å²) in [5.41, 5.74) is 13.0. The van der Waals surface area contributed by atoms with E-state index in [1.165, 1.54) is 34.0 Å². The number of primary amides is 2. The predicted octanol–water partition coefficient (Wildman–Crippen LogP) is 2.29. The Morgan fingerprint density at radius 2 is 1.67 bits per heavy atom. The maximum atomic E-state index is 11.4. The molecule has 13 heteroatoms. The van der Waals surface area contributed by atoms with E-state index in [4.69, 9.17) is 11.5 Å². The van der Waals surface area contributed by atoms with Gasteiger partial charge in [0.05, 0.1) is 16.9 Å². The first-order valence-corrected chi connectivity index (χ1v) is 13.3. The summed E-state index contributed by atoms with van der Waals surface area (Å²) in [6.07, 6.45) is 3.07. The van der Waals surface area contributed by atoms with Crippen LogP contribution >= 0.6 is 34.9 Å². The monoisotopic (exact) mass is 504 g/mol. The zero-order valence-electron chi connectivity index (χ0n) is 18.5. The molecule has 5 rings (SSSR count). The van der Waals surface area contributed by atoms with E-state index in [0.717, 1.165) is 29.5 Å². The lowest BCUT2D eigenvalue weighted by molar-refractivity contribution is -0.116. The highest BCUT2D eigenvalue weighted by atomic mass is 32.2. The summed E-state index contributed by atoms with van der Waals surface area (Å²) in [5.74, 6) is 0.449. The maximum absolute atomic E-state index is 11.4. The molecule has 1 aliphatic rings. The summed E-state index contributed by atoms with van der Waals surface area (Å²) in [6.45, 7) is 6.89. The highest BCUT2D eigenvalue weighted by Gasteiger charge is 2.33. The Hall–Kier alpha value is -2.38. The first-order valence-electron chi connectivity index (χ1n) is 10.5. The Morgan fingerprint density at radius 3 is 2.30 bits per heavy atom. The van der Waals surface area contributed by atoms with Crippen LogP contribution in [0.3, 0.4) is 0 Å². The lowest BCUT2D eigenvalue weighted by Gasteiger charge is -2.33. The van der Waals surface area contributed by atoms with E-state index in [1.54, 1.807) is 11.3 Å². The number of carbonyl (C=O) groups excluding carboxylic acids is 2. The van der Waals surface area contributed by atoms with Gasteiger partial charge in [-0.1, -0.05) is 44.3 Å². The minimum Gasteiger partial charge on any atom is -0.369 e. The second kappa shape index (κ2) is 8.13. The highest BCUT2D eigenvalue weighted by Crippen LogP contribution is 2.45. The van der Waals surface area contributed by atoms with Crippen LogP contribution in [0.4, 0.5) is 0 Å². The fourth-order valence-corrected chi connectivity index (χ4v) is 7.17. The molecule has 1 unspecified atom stereocenters. The Bertz CT molecular complexity index is 1410. The molecule has 4 N–H and O–H groups in total. The van der Waals surface area contributed by atoms with Crippen molar-refractivity contribution in [2.75, 3.05) is 11.5 Å². The predicted molar refractivity (Wildman–Crippen MR) is 130 cm³/mol. The second-order valence-corrected chi connectivity index (χ2v) is 12.2. The minimum atomic E-state index is -0.436. The molecule has 0 aliphatic heterocycles. The van der Waals surface area contributed by atoms with Crippen LogP contribution in [-0.2, 0) is 22.4 Å². The molecule has 4 heterocycles. The smallest absolute Gasteiger partial charge is 0.245 e. The van der Waals surface area contributed by atoms with Crippen molar-refractivity contribution >= 4 is 68.3 Å². The van der Waals surface area contributed by atoms with E-state index in [1.807, 2.05) is 8.80 Å². The van der Waals surface area contributed by atoms with Crippen LogP contribution in [0.2, 0.25) is 0 Å².